The molecule has 6 heteroatoms. The van der Waals surface area contributed by atoms with Crippen molar-refractivity contribution in [1.29, 1.82) is 0 Å². The number of hydrogen-bond donors (Lipinski definition) is 0. The second kappa shape index (κ2) is 5.51. The summed E-state index contributed by atoms with van der Waals surface area (Å²) in [6.45, 7) is 0. The number of benzene rings is 1. The van der Waals surface area contributed by atoms with Gasteiger partial charge in [0.15, 0.2) is 0 Å². The lowest BCUT2D eigenvalue weighted by molar-refractivity contribution is -0.384. The van der Waals surface area contributed by atoms with Gasteiger partial charge >= 0.3 is 5.97 Å². The first kappa shape index (κ1) is 12.5. The van der Waals surface area contributed by atoms with Gasteiger partial charge in [0, 0.05) is 17.6 Å². The molecule has 88 valence electrons. The number of non-ortho nitro benzene ring substituents is 1. The Kier molecular flexibility index (Phi) is 4.06. The molecule has 0 saturated carbocycles. The van der Waals surface area contributed by atoms with Crippen LogP contribution in [0.1, 0.15) is 5.56 Å². The van der Waals surface area contributed by atoms with Crippen LogP contribution in [0.25, 0.3) is 0 Å². The van der Waals surface area contributed by atoms with Crippen molar-refractivity contribution in [3.05, 3.63) is 33.9 Å². The molecule has 6 nitrogen and oxygen atoms in total. The molecule has 1 aromatic rings. The largest absolute Gasteiger partial charge is 0.496 e. The molecule has 0 aliphatic carbocycles. The molecule has 17 heavy (non-hydrogen) atoms. The molecular formula is C11H9NO5. The SMILES string of the molecule is COC(=O)C#Cc1cc(OC)cc([N+](=O)[O-])c1. The normalized spacial score (nSPS) is 8.82. The van der Waals surface area contributed by atoms with Gasteiger partial charge in [-0.05, 0) is 6.07 Å². The molecule has 0 spiro atoms. The van der Waals surface area contributed by atoms with Crippen molar-refractivity contribution in [2.45, 2.75) is 0 Å². The quantitative estimate of drug-likeness (QED) is 0.332. The zero-order valence-corrected chi connectivity index (χ0v) is 9.22. The van der Waals surface area contributed by atoms with E-state index in [1.165, 1.54) is 32.4 Å². The summed E-state index contributed by atoms with van der Waals surface area (Å²) in [5, 5.41) is 10.6. The number of nitro benzene ring substituents is 1. The first-order valence-corrected chi connectivity index (χ1v) is 4.50. The minimum Gasteiger partial charge on any atom is -0.496 e. The molecule has 0 atom stereocenters. The van der Waals surface area contributed by atoms with Crippen LogP contribution in [0.5, 0.6) is 5.75 Å². The van der Waals surface area contributed by atoms with Crippen molar-refractivity contribution in [3.8, 4) is 17.6 Å². The first-order chi connectivity index (χ1) is 8.06. The van der Waals surface area contributed by atoms with Crippen molar-refractivity contribution >= 4 is 11.7 Å². The minimum atomic E-state index is -0.713. The first-order valence-electron chi connectivity index (χ1n) is 4.50. The van der Waals surface area contributed by atoms with E-state index in [2.05, 4.69) is 16.6 Å². The smallest absolute Gasteiger partial charge is 0.384 e. The van der Waals surface area contributed by atoms with Crippen LogP contribution < -0.4 is 4.74 Å². The summed E-state index contributed by atoms with van der Waals surface area (Å²) in [5.74, 6) is 4.22. The minimum absolute atomic E-state index is 0.154. The molecule has 0 aromatic heterocycles. The molecule has 1 rings (SSSR count). The van der Waals surface area contributed by atoms with E-state index >= 15 is 0 Å². The number of carbonyl (C=O) groups excluding carboxylic acids is 1. The third-order valence-corrected chi connectivity index (χ3v) is 1.83. The number of rotatable bonds is 2. The molecule has 0 bridgehead atoms. The molecule has 0 heterocycles. The molecule has 0 aliphatic heterocycles. The number of carbonyl (C=O) groups is 1. The maximum atomic E-state index is 10.8. The number of nitrogens with zero attached hydrogens (tertiary/aromatic N) is 1. The van der Waals surface area contributed by atoms with Gasteiger partial charge in [-0.3, -0.25) is 10.1 Å². The zero-order valence-electron chi connectivity index (χ0n) is 9.22. The van der Waals surface area contributed by atoms with Crippen molar-refractivity contribution < 1.29 is 19.2 Å². The van der Waals surface area contributed by atoms with Crippen LogP contribution in [0.4, 0.5) is 5.69 Å². The number of hydrogen-bond acceptors (Lipinski definition) is 5. The molecule has 0 aliphatic rings. The third kappa shape index (κ3) is 3.50. The third-order valence-electron chi connectivity index (χ3n) is 1.83. The second-order valence-electron chi connectivity index (χ2n) is 2.92. The highest BCUT2D eigenvalue weighted by Crippen LogP contribution is 2.21. The highest BCUT2D eigenvalue weighted by atomic mass is 16.6. The zero-order chi connectivity index (χ0) is 12.8. The second-order valence-corrected chi connectivity index (χ2v) is 2.92. The molecule has 0 N–H and O–H groups in total. The summed E-state index contributed by atoms with van der Waals surface area (Å²) >= 11 is 0. The standard InChI is InChI=1S/C11H9NO5/c1-16-10-6-8(3-4-11(13)17-2)5-9(7-10)12(14)15/h5-7H,1-2H3. The van der Waals surface area contributed by atoms with Crippen LogP contribution in [0.3, 0.4) is 0 Å². The number of ether oxygens (including phenoxy) is 2. The van der Waals surface area contributed by atoms with Gasteiger partial charge in [-0.2, -0.15) is 0 Å². The Hall–Kier alpha value is -2.55. The fourth-order valence-corrected chi connectivity index (χ4v) is 1.05. The van der Waals surface area contributed by atoms with Gasteiger partial charge in [-0.25, -0.2) is 4.79 Å². The van der Waals surface area contributed by atoms with Gasteiger partial charge in [0.1, 0.15) is 5.75 Å². The maximum absolute atomic E-state index is 10.8. The Balaban J connectivity index is 3.14. The molecule has 1 aromatic carbocycles. The van der Waals surface area contributed by atoms with E-state index < -0.39 is 10.9 Å². The van der Waals surface area contributed by atoms with Crippen LogP contribution in [0.15, 0.2) is 18.2 Å². The monoisotopic (exact) mass is 235 g/mol. The van der Waals surface area contributed by atoms with Crippen LogP contribution in [-0.2, 0) is 9.53 Å². The Morgan fingerprint density at radius 3 is 2.59 bits per heavy atom. The average Bonchev–Trinajstić information content (AvgIpc) is 2.35. The summed E-state index contributed by atoms with van der Waals surface area (Å²) in [5.41, 5.74) is 0.153. The predicted octanol–water partition coefficient (Wildman–Crippen LogP) is 1.13. The fraction of sp³-hybridized carbons (Fsp3) is 0.182. The van der Waals surface area contributed by atoms with Gasteiger partial charge in [-0.15, -0.1) is 0 Å². The van der Waals surface area contributed by atoms with Gasteiger partial charge in [0.2, 0.25) is 0 Å². The highest BCUT2D eigenvalue weighted by Gasteiger charge is 2.09. The Labute approximate surface area is 97.3 Å². The van der Waals surface area contributed by atoms with Gasteiger partial charge in [0.05, 0.1) is 25.2 Å². The Bertz CT molecular complexity index is 512. The highest BCUT2D eigenvalue weighted by molar-refractivity contribution is 5.89. The van der Waals surface area contributed by atoms with Gasteiger partial charge < -0.3 is 9.47 Å². The summed E-state index contributed by atoms with van der Waals surface area (Å²) in [4.78, 5) is 20.9. The number of esters is 1. The van der Waals surface area contributed by atoms with Crippen molar-refractivity contribution in [2.24, 2.45) is 0 Å². The van der Waals surface area contributed by atoms with Crippen molar-refractivity contribution in [3.63, 3.8) is 0 Å². The van der Waals surface area contributed by atoms with E-state index in [4.69, 9.17) is 4.74 Å². The molecule has 0 saturated heterocycles. The van der Waals surface area contributed by atoms with Crippen molar-refractivity contribution in [1.82, 2.24) is 0 Å². The molecule has 0 fully saturated rings. The van der Waals surface area contributed by atoms with Crippen LogP contribution in [0, 0.1) is 22.0 Å². The average molecular weight is 235 g/mol. The van der Waals surface area contributed by atoms with E-state index in [0.717, 1.165) is 0 Å². The molecule has 0 radical (unpaired) electrons. The predicted molar refractivity (Wildman–Crippen MR) is 58.5 cm³/mol. The van der Waals surface area contributed by atoms with Gasteiger partial charge in [0.25, 0.3) is 5.69 Å². The Morgan fingerprint density at radius 1 is 1.35 bits per heavy atom. The van der Waals surface area contributed by atoms with Crippen LogP contribution in [-0.4, -0.2) is 25.1 Å². The molecule has 0 amide bonds. The molecular weight excluding hydrogens is 226 g/mol. The lowest BCUT2D eigenvalue weighted by Gasteiger charge is -2.00. The fourth-order valence-electron chi connectivity index (χ4n) is 1.05. The van der Waals surface area contributed by atoms with E-state index in [1.54, 1.807) is 0 Å². The summed E-state index contributed by atoms with van der Waals surface area (Å²) in [6.07, 6.45) is 0. The number of nitro groups is 1. The van der Waals surface area contributed by atoms with E-state index in [-0.39, 0.29) is 5.69 Å². The molecule has 0 unspecified atom stereocenters. The van der Waals surface area contributed by atoms with Crippen LogP contribution >= 0.6 is 0 Å². The van der Waals surface area contributed by atoms with Crippen molar-refractivity contribution in [2.75, 3.05) is 14.2 Å². The number of methoxy groups -OCH3 is 2. The van der Waals surface area contributed by atoms with Gasteiger partial charge in [-0.1, -0.05) is 5.92 Å². The topological polar surface area (TPSA) is 78.7 Å². The van der Waals surface area contributed by atoms with E-state index in [1.807, 2.05) is 0 Å². The summed E-state index contributed by atoms with van der Waals surface area (Å²) < 4.78 is 9.22. The lowest BCUT2D eigenvalue weighted by atomic mass is 10.2. The van der Waals surface area contributed by atoms with E-state index in [0.29, 0.717) is 11.3 Å². The lowest BCUT2D eigenvalue weighted by Crippen LogP contribution is -1.95. The Morgan fingerprint density at radius 2 is 2.06 bits per heavy atom. The van der Waals surface area contributed by atoms with E-state index in [9.17, 15) is 14.9 Å². The summed E-state index contributed by atoms with van der Waals surface area (Å²) in [7, 11) is 2.58. The maximum Gasteiger partial charge on any atom is 0.384 e. The summed E-state index contributed by atoms with van der Waals surface area (Å²) in [6, 6.07) is 4.00. The van der Waals surface area contributed by atoms with Crippen LogP contribution in [0.2, 0.25) is 0 Å².